The van der Waals surface area contributed by atoms with Crippen LogP contribution in [-0.4, -0.2) is 23.6 Å². The van der Waals surface area contributed by atoms with Crippen LogP contribution in [0.5, 0.6) is 0 Å². The lowest BCUT2D eigenvalue weighted by molar-refractivity contribution is -0.176. The summed E-state index contributed by atoms with van der Waals surface area (Å²) < 4.78 is 0. The third-order valence-corrected chi connectivity index (χ3v) is 1.21. The van der Waals surface area contributed by atoms with Crippen molar-refractivity contribution in [3.05, 3.63) is 0 Å². The summed E-state index contributed by atoms with van der Waals surface area (Å²) in [7, 11) is 0. The lowest BCUT2D eigenvalue weighted by Gasteiger charge is -2.08. The molecular formula is C5H13NO2. The Hall–Kier alpha value is -0.120. The van der Waals surface area contributed by atoms with Crippen molar-refractivity contribution in [3.63, 3.8) is 0 Å². The predicted octanol–water partition coefficient (Wildman–Crippen LogP) is 0.777. The van der Waals surface area contributed by atoms with Crippen molar-refractivity contribution < 1.29 is 10.5 Å². The minimum Gasteiger partial charge on any atom is -0.317 e. The molecule has 0 aliphatic carbocycles. The average molecular weight is 119 g/mol. The van der Waals surface area contributed by atoms with Gasteiger partial charge in [-0.25, -0.2) is 0 Å². The highest BCUT2D eigenvalue weighted by Gasteiger charge is 1.93. The molecule has 0 spiro atoms. The normalized spacial score (nSPS) is 18.8. The molecule has 1 aliphatic heterocycles. The third-order valence-electron chi connectivity index (χ3n) is 1.21. The van der Waals surface area contributed by atoms with E-state index in [1.807, 2.05) is 0 Å². The Balaban J connectivity index is 0.000000222. The fraction of sp³-hybridized carbons (Fsp3) is 1.00. The molecule has 1 aliphatic rings. The molecule has 1 heterocycles. The summed E-state index contributed by atoms with van der Waals surface area (Å²) in [6.45, 7) is 2.50. The molecule has 0 radical (unpaired) electrons. The van der Waals surface area contributed by atoms with E-state index in [9.17, 15) is 0 Å². The number of hydrogen-bond acceptors (Lipinski definition) is 3. The first-order valence-electron chi connectivity index (χ1n) is 2.91. The summed E-state index contributed by atoms with van der Waals surface area (Å²) in [6.07, 6.45) is 4.22. The van der Waals surface area contributed by atoms with Crippen molar-refractivity contribution in [2.45, 2.75) is 19.3 Å². The molecule has 0 unspecified atom stereocenters. The van der Waals surface area contributed by atoms with Gasteiger partial charge in [0.15, 0.2) is 0 Å². The number of rotatable bonds is 0. The lowest BCUT2D eigenvalue weighted by atomic mass is 10.2. The van der Waals surface area contributed by atoms with Crippen LogP contribution < -0.4 is 5.32 Å². The van der Waals surface area contributed by atoms with E-state index in [4.69, 9.17) is 10.5 Å². The Kier molecular flexibility index (Phi) is 6.78. The van der Waals surface area contributed by atoms with E-state index in [1.54, 1.807) is 0 Å². The van der Waals surface area contributed by atoms with Crippen LogP contribution in [0, 0.1) is 0 Å². The second kappa shape index (κ2) is 6.88. The van der Waals surface area contributed by atoms with Crippen LogP contribution in [0.15, 0.2) is 0 Å². The molecule has 50 valence electrons. The van der Waals surface area contributed by atoms with E-state index in [-0.39, 0.29) is 0 Å². The second-order valence-electron chi connectivity index (χ2n) is 1.81. The van der Waals surface area contributed by atoms with E-state index in [0.717, 1.165) is 0 Å². The van der Waals surface area contributed by atoms with Gasteiger partial charge in [0.1, 0.15) is 0 Å². The summed E-state index contributed by atoms with van der Waals surface area (Å²) in [4.78, 5) is 0. The van der Waals surface area contributed by atoms with Gasteiger partial charge in [-0.3, -0.25) is 10.5 Å². The van der Waals surface area contributed by atoms with Gasteiger partial charge >= 0.3 is 0 Å². The fourth-order valence-corrected chi connectivity index (χ4v) is 0.802. The molecular weight excluding hydrogens is 106 g/mol. The SMILES string of the molecule is C1CCNCC1.OO. The third kappa shape index (κ3) is 4.05. The van der Waals surface area contributed by atoms with Crippen molar-refractivity contribution in [2.24, 2.45) is 0 Å². The highest BCUT2D eigenvalue weighted by molar-refractivity contribution is 4.55. The molecule has 3 heteroatoms. The Labute approximate surface area is 49.3 Å². The zero-order chi connectivity index (χ0) is 6.24. The molecule has 1 saturated heterocycles. The first-order valence-corrected chi connectivity index (χ1v) is 2.91. The fourth-order valence-electron chi connectivity index (χ4n) is 0.802. The van der Waals surface area contributed by atoms with E-state index in [0.29, 0.717) is 0 Å². The molecule has 0 saturated carbocycles. The van der Waals surface area contributed by atoms with Crippen molar-refractivity contribution >= 4 is 0 Å². The topological polar surface area (TPSA) is 52.5 Å². The van der Waals surface area contributed by atoms with Crippen LogP contribution in [-0.2, 0) is 0 Å². The van der Waals surface area contributed by atoms with Gasteiger partial charge in [-0.15, -0.1) is 0 Å². The van der Waals surface area contributed by atoms with E-state index < -0.39 is 0 Å². The summed E-state index contributed by atoms with van der Waals surface area (Å²) >= 11 is 0. The van der Waals surface area contributed by atoms with E-state index in [1.165, 1.54) is 32.4 Å². The van der Waals surface area contributed by atoms with Crippen molar-refractivity contribution in [3.8, 4) is 0 Å². The Morgan fingerprint density at radius 3 is 1.50 bits per heavy atom. The molecule has 1 fully saturated rings. The predicted molar refractivity (Wildman–Crippen MR) is 32.0 cm³/mol. The molecule has 0 amide bonds. The van der Waals surface area contributed by atoms with E-state index in [2.05, 4.69) is 5.32 Å². The first-order chi connectivity index (χ1) is 4.00. The zero-order valence-corrected chi connectivity index (χ0v) is 4.93. The quantitative estimate of drug-likeness (QED) is 0.326. The van der Waals surface area contributed by atoms with Gasteiger partial charge in [0.25, 0.3) is 0 Å². The van der Waals surface area contributed by atoms with Gasteiger partial charge in [-0.2, -0.15) is 0 Å². The summed E-state index contributed by atoms with van der Waals surface area (Å²) in [5.41, 5.74) is 0. The summed E-state index contributed by atoms with van der Waals surface area (Å²) in [5.74, 6) is 0. The van der Waals surface area contributed by atoms with Crippen LogP contribution in [0.3, 0.4) is 0 Å². The lowest BCUT2D eigenvalue weighted by Crippen LogP contribution is -2.21. The number of hydrogen-bond donors (Lipinski definition) is 3. The highest BCUT2D eigenvalue weighted by atomic mass is 17.0. The first kappa shape index (κ1) is 7.88. The minimum absolute atomic E-state index is 1.25. The molecule has 0 atom stereocenters. The molecule has 0 aromatic rings. The van der Waals surface area contributed by atoms with Crippen LogP contribution in [0.25, 0.3) is 0 Å². The van der Waals surface area contributed by atoms with Crippen LogP contribution in [0.4, 0.5) is 0 Å². The maximum atomic E-state index is 6.00. The second-order valence-corrected chi connectivity index (χ2v) is 1.81. The molecule has 8 heavy (non-hydrogen) atoms. The monoisotopic (exact) mass is 119 g/mol. The van der Waals surface area contributed by atoms with Gasteiger partial charge in [0, 0.05) is 0 Å². The molecule has 3 N–H and O–H groups in total. The molecule has 1 rings (SSSR count). The maximum Gasteiger partial charge on any atom is -0.00489 e. The van der Waals surface area contributed by atoms with Crippen LogP contribution in [0.2, 0.25) is 0 Å². The highest BCUT2D eigenvalue weighted by Crippen LogP contribution is 1.96. The standard InChI is InChI=1S/C5H11N.H2O2/c1-2-4-6-5-3-1;1-2/h6H,1-5H2;1-2H. The van der Waals surface area contributed by atoms with Crippen molar-refractivity contribution in [1.82, 2.24) is 5.32 Å². The maximum absolute atomic E-state index is 6.00. The average Bonchev–Trinajstić information content (AvgIpc) is 1.96. The zero-order valence-electron chi connectivity index (χ0n) is 4.93. The molecule has 0 aromatic carbocycles. The Morgan fingerprint density at radius 2 is 1.38 bits per heavy atom. The Morgan fingerprint density at radius 1 is 0.875 bits per heavy atom. The molecule has 3 nitrogen and oxygen atoms in total. The molecule has 0 aromatic heterocycles. The van der Waals surface area contributed by atoms with Gasteiger partial charge < -0.3 is 5.32 Å². The van der Waals surface area contributed by atoms with Crippen molar-refractivity contribution in [2.75, 3.05) is 13.1 Å². The van der Waals surface area contributed by atoms with Gasteiger partial charge in [0.2, 0.25) is 0 Å². The Bertz CT molecular complexity index is 25.9. The minimum atomic E-state index is 1.25. The van der Waals surface area contributed by atoms with E-state index >= 15 is 0 Å². The van der Waals surface area contributed by atoms with Crippen molar-refractivity contribution in [1.29, 1.82) is 0 Å². The largest absolute Gasteiger partial charge is 0.317 e. The van der Waals surface area contributed by atoms with Gasteiger partial charge in [0.05, 0.1) is 0 Å². The number of nitrogens with one attached hydrogen (secondary N) is 1. The molecule has 0 bridgehead atoms. The van der Waals surface area contributed by atoms with Crippen LogP contribution >= 0.6 is 0 Å². The van der Waals surface area contributed by atoms with Gasteiger partial charge in [-0.05, 0) is 25.9 Å². The smallest absolute Gasteiger partial charge is 0.00489 e. The number of piperidine rings is 1. The summed E-state index contributed by atoms with van der Waals surface area (Å²) in [6, 6.07) is 0. The summed E-state index contributed by atoms with van der Waals surface area (Å²) in [5, 5.41) is 15.3. The van der Waals surface area contributed by atoms with Crippen LogP contribution in [0.1, 0.15) is 19.3 Å². The van der Waals surface area contributed by atoms with Gasteiger partial charge in [-0.1, -0.05) is 6.42 Å².